The van der Waals surface area contributed by atoms with Crippen LogP contribution in [0.15, 0.2) is 77.8 Å². The van der Waals surface area contributed by atoms with Gasteiger partial charge in [0.15, 0.2) is 0 Å². The second-order valence-corrected chi connectivity index (χ2v) is 11.1. The average Bonchev–Trinajstić information content (AvgIpc) is 2.79. The highest BCUT2D eigenvalue weighted by Gasteiger charge is 2.27. The first-order valence-electron chi connectivity index (χ1n) is 12.2. The number of hydrogen-bond donors (Lipinski definition) is 2. The van der Waals surface area contributed by atoms with Crippen molar-refractivity contribution in [3.05, 3.63) is 101 Å². The summed E-state index contributed by atoms with van der Waals surface area (Å²) in [4.78, 5) is 5.25. The van der Waals surface area contributed by atoms with Gasteiger partial charge in [-0.3, -0.25) is 4.99 Å². The largest absolute Gasteiger partial charge is 0.507 e. The Labute approximate surface area is 205 Å². The van der Waals surface area contributed by atoms with E-state index in [9.17, 15) is 5.11 Å². The lowest BCUT2D eigenvalue weighted by atomic mass is 9.78. The van der Waals surface area contributed by atoms with Crippen LogP contribution >= 0.6 is 0 Å². The molecule has 2 atom stereocenters. The average molecular weight is 457 g/mol. The van der Waals surface area contributed by atoms with Crippen LogP contribution < -0.4 is 5.73 Å². The van der Waals surface area contributed by atoms with Crippen molar-refractivity contribution in [3.8, 4) is 5.75 Å². The molecule has 3 rings (SSSR count). The number of phenolic OH excluding ortho intramolecular Hbond substituents is 1. The summed E-state index contributed by atoms with van der Waals surface area (Å²) in [7, 11) is 0. The highest BCUT2D eigenvalue weighted by molar-refractivity contribution is 6.03. The minimum Gasteiger partial charge on any atom is -0.507 e. The van der Waals surface area contributed by atoms with Crippen LogP contribution in [0.4, 0.5) is 0 Å². The van der Waals surface area contributed by atoms with Gasteiger partial charge in [0.05, 0.1) is 12.1 Å². The normalized spacial score (nSPS) is 14.6. The van der Waals surface area contributed by atoms with Gasteiger partial charge in [0.2, 0.25) is 0 Å². The van der Waals surface area contributed by atoms with Crippen LogP contribution in [0.5, 0.6) is 5.75 Å². The summed E-state index contributed by atoms with van der Waals surface area (Å²) in [5.74, 6) is 0.321. The molecule has 0 aromatic heterocycles. The molecule has 3 aromatic carbocycles. The third-order valence-corrected chi connectivity index (χ3v) is 6.39. The van der Waals surface area contributed by atoms with E-state index in [0.717, 1.165) is 28.0 Å². The zero-order valence-corrected chi connectivity index (χ0v) is 21.8. The molecule has 0 heterocycles. The van der Waals surface area contributed by atoms with Gasteiger partial charge < -0.3 is 10.8 Å². The summed E-state index contributed by atoms with van der Waals surface area (Å²) in [5, 5.41) is 11.4. The van der Waals surface area contributed by atoms with E-state index in [-0.39, 0.29) is 22.9 Å². The maximum Gasteiger partial charge on any atom is 0.128 e. The van der Waals surface area contributed by atoms with Gasteiger partial charge in [-0.25, -0.2) is 0 Å². The zero-order valence-electron chi connectivity index (χ0n) is 21.8. The second kappa shape index (κ2) is 10.1. The van der Waals surface area contributed by atoms with Crippen molar-refractivity contribution in [1.82, 2.24) is 0 Å². The van der Waals surface area contributed by atoms with Gasteiger partial charge in [-0.15, -0.1) is 0 Å². The van der Waals surface area contributed by atoms with Crippen LogP contribution in [0.2, 0.25) is 0 Å². The van der Waals surface area contributed by atoms with E-state index in [0.29, 0.717) is 12.2 Å². The third kappa shape index (κ3) is 5.77. The van der Waals surface area contributed by atoms with Crippen LogP contribution in [-0.4, -0.2) is 10.8 Å². The first-order chi connectivity index (χ1) is 15.9. The number of aromatic hydroxyl groups is 1. The molecule has 0 bridgehead atoms. The Morgan fingerprint density at radius 1 is 0.824 bits per heavy atom. The maximum absolute atomic E-state index is 11.4. The summed E-state index contributed by atoms with van der Waals surface area (Å²) in [6.45, 7) is 15.1. The molecule has 0 radical (unpaired) electrons. The molecule has 3 N–H and O–H groups in total. The van der Waals surface area contributed by atoms with Gasteiger partial charge in [0, 0.05) is 16.8 Å². The van der Waals surface area contributed by atoms with Crippen LogP contribution in [0.25, 0.3) is 0 Å². The van der Waals surface area contributed by atoms with Crippen molar-refractivity contribution >= 4 is 5.71 Å². The summed E-state index contributed by atoms with van der Waals surface area (Å²) in [6.07, 6.45) is 0.690. The van der Waals surface area contributed by atoms with Crippen molar-refractivity contribution in [3.63, 3.8) is 0 Å². The first kappa shape index (κ1) is 25.7. The highest BCUT2D eigenvalue weighted by Crippen LogP contribution is 2.39. The molecule has 3 nitrogen and oxygen atoms in total. The van der Waals surface area contributed by atoms with Gasteiger partial charge in [0.1, 0.15) is 5.75 Å². The lowest BCUT2D eigenvalue weighted by Gasteiger charge is -2.28. The molecule has 0 unspecified atom stereocenters. The molecular formula is C31H40N2O. The molecule has 0 amide bonds. The van der Waals surface area contributed by atoms with E-state index in [4.69, 9.17) is 10.7 Å². The van der Waals surface area contributed by atoms with Crippen LogP contribution in [0.3, 0.4) is 0 Å². The summed E-state index contributed by atoms with van der Waals surface area (Å²) >= 11 is 0. The fourth-order valence-corrected chi connectivity index (χ4v) is 4.25. The van der Waals surface area contributed by atoms with Gasteiger partial charge in [-0.2, -0.15) is 0 Å². The SMILES string of the molecule is CCC(=N[C@H](c1ccccc1)[C@H](N)c1ccccc1)c1cc(C(C)(C)C)cc(C(C)(C)C)c1O. The standard InChI is InChI=1S/C31H40N2O/c1-8-26(24-19-23(30(2,3)4)20-25(29(24)34)31(5,6)7)33-28(22-17-13-10-14-18-22)27(32)21-15-11-9-12-16-21/h9-20,27-28,34H,8,32H2,1-7H3/t27-,28-/m1/s1. The van der Waals surface area contributed by atoms with Crippen molar-refractivity contribution < 1.29 is 5.11 Å². The molecule has 0 aliphatic heterocycles. The topological polar surface area (TPSA) is 58.6 Å². The molecule has 3 aromatic rings. The van der Waals surface area contributed by atoms with Crippen LogP contribution in [0.1, 0.15) is 94.8 Å². The predicted molar refractivity (Wildman–Crippen MR) is 145 cm³/mol. The number of aliphatic imine (C=N–C) groups is 1. The van der Waals surface area contributed by atoms with Gasteiger partial charge in [-0.05, 0) is 40.0 Å². The molecule has 0 aliphatic rings. The predicted octanol–water partition coefficient (Wildman–Crippen LogP) is 7.63. The first-order valence-corrected chi connectivity index (χ1v) is 12.2. The Morgan fingerprint density at radius 2 is 1.35 bits per heavy atom. The van der Waals surface area contributed by atoms with E-state index < -0.39 is 0 Å². The van der Waals surface area contributed by atoms with Crippen molar-refractivity contribution in [2.24, 2.45) is 10.7 Å². The van der Waals surface area contributed by atoms with Gasteiger partial charge >= 0.3 is 0 Å². The van der Waals surface area contributed by atoms with E-state index in [1.165, 1.54) is 5.56 Å². The summed E-state index contributed by atoms with van der Waals surface area (Å²) in [6, 6.07) is 24.0. The molecule has 0 saturated heterocycles. The van der Waals surface area contributed by atoms with Gasteiger partial charge in [0.25, 0.3) is 0 Å². The Balaban J connectivity index is 2.23. The van der Waals surface area contributed by atoms with E-state index in [2.05, 4.69) is 84.9 Å². The highest BCUT2D eigenvalue weighted by atomic mass is 16.3. The monoisotopic (exact) mass is 456 g/mol. The van der Waals surface area contributed by atoms with E-state index in [1.807, 2.05) is 36.4 Å². The fraction of sp³-hybridized carbons (Fsp3) is 0.387. The molecule has 34 heavy (non-hydrogen) atoms. The fourth-order valence-electron chi connectivity index (χ4n) is 4.25. The minimum atomic E-state index is -0.305. The Bertz CT molecular complexity index is 1120. The number of benzene rings is 3. The molecule has 0 fully saturated rings. The van der Waals surface area contributed by atoms with Crippen LogP contribution in [-0.2, 0) is 10.8 Å². The number of rotatable bonds is 6. The van der Waals surface area contributed by atoms with E-state index in [1.54, 1.807) is 0 Å². The van der Waals surface area contributed by atoms with Crippen molar-refractivity contribution in [2.45, 2.75) is 77.8 Å². The second-order valence-electron chi connectivity index (χ2n) is 11.1. The quantitative estimate of drug-likeness (QED) is 0.375. The summed E-state index contributed by atoms with van der Waals surface area (Å²) in [5.41, 5.74) is 12.5. The Morgan fingerprint density at radius 3 is 1.82 bits per heavy atom. The maximum atomic E-state index is 11.4. The molecule has 0 saturated carbocycles. The number of nitrogens with two attached hydrogens (primary N) is 1. The molecule has 180 valence electrons. The van der Waals surface area contributed by atoms with Crippen molar-refractivity contribution in [2.75, 3.05) is 0 Å². The summed E-state index contributed by atoms with van der Waals surface area (Å²) < 4.78 is 0. The Kier molecular flexibility index (Phi) is 7.67. The molecule has 0 aliphatic carbocycles. The molecular weight excluding hydrogens is 416 g/mol. The zero-order chi connectivity index (χ0) is 25.1. The van der Waals surface area contributed by atoms with Crippen LogP contribution in [0, 0.1) is 0 Å². The van der Waals surface area contributed by atoms with Gasteiger partial charge in [-0.1, -0.05) is 115 Å². The van der Waals surface area contributed by atoms with E-state index >= 15 is 0 Å². The number of phenols is 1. The lowest BCUT2D eigenvalue weighted by Crippen LogP contribution is -2.21. The number of nitrogens with zero attached hydrogens (tertiary/aromatic N) is 1. The molecule has 0 spiro atoms. The molecule has 3 heteroatoms. The third-order valence-electron chi connectivity index (χ3n) is 6.39. The van der Waals surface area contributed by atoms with Crippen molar-refractivity contribution in [1.29, 1.82) is 0 Å². The minimum absolute atomic E-state index is 0.0550. The smallest absolute Gasteiger partial charge is 0.128 e. The Hall–Kier alpha value is -2.91. The number of hydrogen-bond acceptors (Lipinski definition) is 3. The lowest BCUT2D eigenvalue weighted by molar-refractivity contribution is 0.443.